The summed E-state index contributed by atoms with van der Waals surface area (Å²) in [6.45, 7) is 5.55. The Hall–Kier alpha value is -3.69. The van der Waals surface area contributed by atoms with Crippen molar-refractivity contribution in [3.05, 3.63) is 71.2 Å². The number of hydrogen-bond acceptors (Lipinski definition) is 7. The molecule has 35 heavy (non-hydrogen) atoms. The third-order valence-electron chi connectivity index (χ3n) is 6.64. The average molecular weight is 477 g/mol. The second kappa shape index (κ2) is 9.52. The van der Waals surface area contributed by atoms with Gasteiger partial charge in [0.2, 0.25) is 0 Å². The minimum Gasteiger partial charge on any atom is -0.505 e. The molecule has 0 spiro atoms. The first-order valence-electron chi connectivity index (χ1n) is 11.7. The average Bonchev–Trinajstić information content (AvgIpc) is 3.35. The molecular formula is C26H28N4O5. The van der Waals surface area contributed by atoms with Crippen LogP contribution in [0.5, 0.6) is 5.75 Å². The molecule has 9 nitrogen and oxygen atoms in total. The van der Waals surface area contributed by atoms with E-state index in [0.717, 1.165) is 13.1 Å². The number of nitrogens with zero attached hydrogens (tertiary/aromatic N) is 4. The normalized spacial score (nSPS) is 20.6. The predicted molar refractivity (Wildman–Crippen MR) is 129 cm³/mol. The third kappa shape index (κ3) is 4.17. The number of carbonyl (C=O) groups is 2. The number of aliphatic hydroxyl groups excluding tert-OH is 1. The second-order valence-corrected chi connectivity index (χ2v) is 8.70. The molecular weight excluding hydrogens is 448 g/mol. The number of aryl methyl sites for hydroxylation is 1. The van der Waals surface area contributed by atoms with Gasteiger partial charge in [0.05, 0.1) is 37.6 Å². The van der Waals surface area contributed by atoms with E-state index in [-0.39, 0.29) is 11.3 Å². The van der Waals surface area contributed by atoms with E-state index in [1.165, 1.54) is 0 Å². The fraction of sp³-hybridized carbons (Fsp3) is 0.346. The van der Waals surface area contributed by atoms with Crippen LogP contribution in [0.2, 0.25) is 0 Å². The van der Waals surface area contributed by atoms with E-state index in [1.54, 1.807) is 41.7 Å². The minimum absolute atomic E-state index is 0.0546. The fourth-order valence-electron chi connectivity index (χ4n) is 4.87. The number of hydrogen-bond donors (Lipinski definition) is 1. The maximum atomic E-state index is 13.4. The number of fused-ring (bicyclic) bond motifs is 1. The molecule has 4 heterocycles. The van der Waals surface area contributed by atoms with Crippen molar-refractivity contribution in [2.24, 2.45) is 0 Å². The van der Waals surface area contributed by atoms with Gasteiger partial charge in [0.15, 0.2) is 5.76 Å². The zero-order chi connectivity index (χ0) is 24.5. The summed E-state index contributed by atoms with van der Waals surface area (Å²) in [5.74, 6) is -0.963. The van der Waals surface area contributed by atoms with Crippen LogP contribution in [0.4, 0.5) is 0 Å². The quantitative estimate of drug-likeness (QED) is 0.332. The number of likely N-dealkylation sites (tertiary alicyclic amines) is 1. The van der Waals surface area contributed by atoms with Gasteiger partial charge in [-0.3, -0.25) is 18.9 Å². The van der Waals surface area contributed by atoms with Crippen LogP contribution in [0.3, 0.4) is 0 Å². The monoisotopic (exact) mass is 476 g/mol. The van der Waals surface area contributed by atoms with Crippen molar-refractivity contribution in [3.63, 3.8) is 0 Å². The number of Topliss-reactive ketones (excluding diaryl/α,β-unsaturated/α-hetero) is 1. The molecule has 1 atom stereocenters. The number of carbonyl (C=O) groups excluding carboxylic acids is 2. The lowest BCUT2D eigenvalue weighted by Gasteiger charge is -2.31. The Kier molecular flexibility index (Phi) is 6.27. The maximum Gasteiger partial charge on any atom is 0.295 e. The smallest absolute Gasteiger partial charge is 0.295 e. The Balaban J connectivity index is 1.62. The van der Waals surface area contributed by atoms with E-state index in [2.05, 4.69) is 9.88 Å². The van der Waals surface area contributed by atoms with Gasteiger partial charge in [-0.1, -0.05) is 18.2 Å². The van der Waals surface area contributed by atoms with Crippen molar-refractivity contribution < 1.29 is 24.2 Å². The number of methoxy groups -OCH3 is 1. The van der Waals surface area contributed by atoms with Gasteiger partial charge in [0, 0.05) is 32.4 Å². The van der Waals surface area contributed by atoms with Crippen molar-refractivity contribution in [1.82, 2.24) is 19.2 Å². The molecule has 2 saturated heterocycles. The van der Waals surface area contributed by atoms with Crippen LogP contribution in [-0.2, 0) is 14.3 Å². The Labute approximate surface area is 203 Å². The van der Waals surface area contributed by atoms with E-state index >= 15 is 0 Å². The number of amides is 1. The molecule has 0 bridgehead atoms. The first-order chi connectivity index (χ1) is 17.0. The Bertz CT molecular complexity index is 1310. The van der Waals surface area contributed by atoms with Crippen molar-refractivity contribution >= 4 is 23.1 Å². The first-order valence-corrected chi connectivity index (χ1v) is 11.7. The van der Waals surface area contributed by atoms with Gasteiger partial charge in [-0.05, 0) is 36.8 Å². The topological polar surface area (TPSA) is 96.6 Å². The van der Waals surface area contributed by atoms with Gasteiger partial charge in [-0.25, -0.2) is 4.98 Å². The van der Waals surface area contributed by atoms with Crippen molar-refractivity contribution in [2.45, 2.75) is 13.0 Å². The van der Waals surface area contributed by atoms with Crippen LogP contribution in [0.15, 0.2) is 54.2 Å². The van der Waals surface area contributed by atoms with E-state index in [9.17, 15) is 14.7 Å². The van der Waals surface area contributed by atoms with Gasteiger partial charge < -0.3 is 19.5 Å². The van der Waals surface area contributed by atoms with Gasteiger partial charge in [0.1, 0.15) is 17.1 Å². The molecule has 3 aromatic rings. The predicted octanol–water partition coefficient (Wildman–Crippen LogP) is 2.41. The highest BCUT2D eigenvalue weighted by Gasteiger charge is 2.46. The summed E-state index contributed by atoms with van der Waals surface area (Å²) in [6.07, 6.45) is 1.78. The summed E-state index contributed by atoms with van der Waals surface area (Å²) in [4.78, 5) is 34.9. The molecule has 0 unspecified atom stereocenters. The molecule has 2 aliphatic heterocycles. The highest BCUT2D eigenvalue weighted by Crippen LogP contribution is 2.40. The Morgan fingerprint density at radius 3 is 2.71 bits per heavy atom. The third-order valence-corrected chi connectivity index (χ3v) is 6.64. The van der Waals surface area contributed by atoms with Crippen LogP contribution in [0, 0.1) is 6.92 Å². The Morgan fingerprint density at radius 1 is 1.14 bits per heavy atom. The summed E-state index contributed by atoms with van der Waals surface area (Å²) in [6, 6.07) is 12.0. The second-order valence-electron chi connectivity index (χ2n) is 8.70. The minimum atomic E-state index is -0.750. The molecule has 2 aliphatic rings. The highest BCUT2D eigenvalue weighted by molar-refractivity contribution is 6.46. The highest BCUT2D eigenvalue weighted by atomic mass is 16.5. The largest absolute Gasteiger partial charge is 0.505 e. The van der Waals surface area contributed by atoms with Crippen LogP contribution in [0.1, 0.15) is 23.0 Å². The number of aromatic nitrogens is 2. The van der Waals surface area contributed by atoms with Crippen LogP contribution in [0.25, 0.3) is 11.4 Å². The van der Waals surface area contributed by atoms with E-state index < -0.39 is 17.7 Å². The Morgan fingerprint density at radius 2 is 1.94 bits per heavy atom. The van der Waals surface area contributed by atoms with Crippen molar-refractivity contribution in [1.29, 1.82) is 0 Å². The van der Waals surface area contributed by atoms with Crippen LogP contribution in [-0.4, -0.2) is 82.5 Å². The lowest BCUT2D eigenvalue weighted by molar-refractivity contribution is -0.140. The number of ether oxygens (including phenoxy) is 2. The number of pyridine rings is 1. The van der Waals surface area contributed by atoms with E-state index in [1.807, 2.05) is 30.3 Å². The SMILES string of the molecule is COc1cccc([C@@H]2/C(=C(\O)c3c(C)nc4ccccn34)C(=O)C(=O)N2CCN2CCOCC2)c1. The van der Waals surface area contributed by atoms with Crippen molar-refractivity contribution in [2.75, 3.05) is 46.5 Å². The molecule has 182 valence electrons. The number of aliphatic hydroxyl groups is 1. The lowest BCUT2D eigenvalue weighted by atomic mass is 9.96. The first kappa shape index (κ1) is 23.1. The molecule has 1 amide bonds. The van der Waals surface area contributed by atoms with Gasteiger partial charge in [0.25, 0.3) is 11.7 Å². The maximum absolute atomic E-state index is 13.4. The summed E-state index contributed by atoms with van der Waals surface area (Å²) in [5, 5.41) is 11.5. The summed E-state index contributed by atoms with van der Waals surface area (Å²) in [5.41, 5.74) is 2.36. The van der Waals surface area contributed by atoms with Gasteiger partial charge >= 0.3 is 0 Å². The molecule has 2 fully saturated rings. The van der Waals surface area contributed by atoms with Gasteiger partial charge in [-0.15, -0.1) is 0 Å². The summed E-state index contributed by atoms with van der Waals surface area (Å²) < 4.78 is 12.6. The standard InChI is InChI=1S/C26H28N4O5/c1-17-22(29-9-4-3-8-20(29)27-17)24(31)21-23(18-6-5-7-19(16-18)34-2)30(26(33)25(21)32)11-10-28-12-14-35-15-13-28/h3-9,16,23,31H,10-15H2,1-2H3/b24-21+/t23-/m1/s1. The molecule has 0 aliphatic carbocycles. The summed E-state index contributed by atoms with van der Waals surface area (Å²) >= 11 is 0. The van der Waals surface area contributed by atoms with E-state index in [4.69, 9.17) is 9.47 Å². The lowest BCUT2D eigenvalue weighted by Crippen LogP contribution is -2.42. The van der Waals surface area contributed by atoms with E-state index in [0.29, 0.717) is 54.7 Å². The molecule has 9 heteroatoms. The molecule has 2 aromatic heterocycles. The number of ketones is 1. The number of rotatable bonds is 6. The molecule has 1 aromatic carbocycles. The number of morpholine rings is 1. The fourth-order valence-corrected chi connectivity index (χ4v) is 4.87. The molecule has 5 rings (SSSR count). The zero-order valence-electron chi connectivity index (χ0n) is 19.8. The molecule has 1 N–H and O–H groups in total. The van der Waals surface area contributed by atoms with Crippen molar-refractivity contribution in [3.8, 4) is 5.75 Å². The molecule has 0 saturated carbocycles. The van der Waals surface area contributed by atoms with Crippen LogP contribution < -0.4 is 4.74 Å². The zero-order valence-corrected chi connectivity index (χ0v) is 19.8. The molecule has 0 radical (unpaired) electrons. The number of benzene rings is 1. The van der Waals surface area contributed by atoms with Gasteiger partial charge in [-0.2, -0.15) is 0 Å². The van der Waals surface area contributed by atoms with Crippen LogP contribution >= 0.6 is 0 Å². The number of imidazole rings is 1. The summed E-state index contributed by atoms with van der Waals surface area (Å²) in [7, 11) is 1.57.